The van der Waals surface area contributed by atoms with Gasteiger partial charge in [-0.2, -0.15) is 0 Å². The number of esters is 1. The number of aliphatic hydroxyl groups is 3. The molecule has 5 aliphatic rings. The lowest BCUT2D eigenvalue weighted by Crippen LogP contribution is -2.60. The Morgan fingerprint density at radius 2 is 1.50 bits per heavy atom. The molecule has 3 saturated carbocycles. The zero-order valence-electron chi connectivity index (χ0n) is 35.5. The fourth-order valence-corrected chi connectivity index (χ4v) is 12.3. The maximum atomic E-state index is 12.5. The predicted octanol–water partition coefficient (Wildman–Crippen LogP) is 10.5. The third-order valence-corrected chi connectivity index (χ3v) is 15.6. The second-order valence-electron chi connectivity index (χ2n) is 19.8. The van der Waals surface area contributed by atoms with Crippen LogP contribution < -0.4 is 0 Å². The number of unbranched alkanes of at least 4 members (excludes halogenated alkanes) is 10. The largest absolute Gasteiger partial charge is 0.463 e. The highest BCUT2D eigenvalue weighted by Crippen LogP contribution is 2.67. The molecule has 6 unspecified atom stereocenters. The summed E-state index contributed by atoms with van der Waals surface area (Å²) in [6.07, 6.45) is 23.4. The summed E-state index contributed by atoms with van der Waals surface area (Å²) in [5.74, 6) is 4.45. The van der Waals surface area contributed by atoms with Crippen LogP contribution in [0.2, 0.25) is 0 Å². The molecule has 4 fully saturated rings. The van der Waals surface area contributed by atoms with Crippen LogP contribution in [0.5, 0.6) is 0 Å². The van der Waals surface area contributed by atoms with E-state index in [9.17, 15) is 20.1 Å². The minimum absolute atomic E-state index is 0.136. The van der Waals surface area contributed by atoms with Crippen molar-refractivity contribution in [2.24, 2.45) is 46.3 Å². The topological polar surface area (TPSA) is 105 Å². The van der Waals surface area contributed by atoms with E-state index in [0.717, 1.165) is 74.5 Å². The lowest BCUT2D eigenvalue weighted by Gasteiger charge is -2.58. The highest BCUT2D eigenvalue weighted by Gasteiger charge is 2.59. The molecular formula is C47H82O7. The van der Waals surface area contributed by atoms with Crippen molar-refractivity contribution in [2.75, 3.05) is 6.61 Å². The van der Waals surface area contributed by atoms with Crippen LogP contribution in [0.3, 0.4) is 0 Å². The zero-order valence-corrected chi connectivity index (χ0v) is 35.5. The molecule has 0 aromatic carbocycles. The van der Waals surface area contributed by atoms with Crippen LogP contribution in [0.1, 0.15) is 189 Å². The molecule has 0 aromatic heterocycles. The molecule has 4 aliphatic carbocycles. The van der Waals surface area contributed by atoms with Gasteiger partial charge in [0, 0.05) is 6.42 Å². The number of rotatable bonds is 21. The van der Waals surface area contributed by atoms with Crippen molar-refractivity contribution in [3.63, 3.8) is 0 Å². The smallest absolute Gasteiger partial charge is 0.305 e. The summed E-state index contributed by atoms with van der Waals surface area (Å²) >= 11 is 0. The van der Waals surface area contributed by atoms with Gasteiger partial charge >= 0.3 is 5.97 Å². The van der Waals surface area contributed by atoms with Crippen LogP contribution in [-0.4, -0.2) is 64.7 Å². The molecular weight excluding hydrogens is 677 g/mol. The minimum Gasteiger partial charge on any atom is -0.463 e. The van der Waals surface area contributed by atoms with Gasteiger partial charge in [-0.3, -0.25) is 4.79 Å². The molecule has 5 rings (SSSR count). The number of ether oxygens (including phenoxy) is 3. The molecule has 3 N–H and O–H groups in total. The van der Waals surface area contributed by atoms with E-state index in [1.165, 1.54) is 102 Å². The van der Waals surface area contributed by atoms with Crippen molar-refractivity contribution < 1.29 is 34.3 Å². The average molecular weight is 759 g/mol. The quantitative estimate of drug-likeness (QED) is 0.0608. The summed E-state index contributed by atoms with van der Waals surface area (Å²) in [4.78, 5) is 12.5. The van der Waals surface area contributed by atoms with Crippen LogP contribution >= 0.6 is 0 Å². The van der Waals surface area contributed by atoms with Gasteiger partial charge in [0.05, 0.1) is 6.10 Å². The van der Waals surface area contributed by atoms with Gasteiger partial charge in [0.2, 0.25) is 0 Å². The van der Waals surface area contributed by atoms with Crippen LogP contribution in [0.15, 0.2) is 11.6 Å². The van der Waals surface area contributed by atoms with Crippen molar-refractivity contribution >= 4 is 5.97 Å². The molecule has 0 radical (unpaired) electrons. The fourth-order valence-electron chi connectivity index (χ4n) is 12.3. The van der Waals surface area contributed by atoms with E-state index in [2.05, 4.69) is 47.6 Å². The predicted molar refractivity (Wildman–Crippen MR) is 217 cm³/mol. The summed E-state index contributed by atoms with van der Waals surface area (Å²) < 4.78 is 18.0. The van der Waals surface area contributed by atoms with E-state index in [0.29, 0.717) is 17.8 Å². The molecule has 0 bridgehead atoms. The number of carbonyl (C=O) groups excluding carboxylic acids is 1. The Hall–Kier alpha value is -0.990. The Labute approximate surface area is 330 Å². The van der Waals surface area contributed by atoms with Gasteiger partial charge in [0.1, 0.15) is 31.0 Å². The molecule has 54 heavy (non-hydrogen) atoms. The first kappa shape index (κ1) is 44.1. The van der Waals surface area contributed by atoms with Crippen molar-refractivity contribution in [3.8, 4) is 0 Å². The molecule has 1 saturated heterocycles. The van der Waals surface area contributed by atoms with Gasteiger partial charge < -0.3 is 29.5 Å². The number of hydrogen-bond acceptors (Lipinski definition) is 7. The summed E-state index contributed by atoms with van der Waals surface area (Å²) in [5.41, 5.74) is 2.15. The lowest BCUT2D eigenvalue weighted by molar-refractivity contribution is -0.313. The van der Waals surface area contributed by atoms with E-state index < -0.39 is 30.7 Å². The lowest BCUT2D eigenvalue weighted by atomic mass is 9.47. The van der Waals surface area contributed by atoms with Crippen LogP contribution in [0.4, 0.5) is 0 Å². The fraction of sp³-hybridized carbons (Fsp3) is 0.936. The summed E-state index contributed by atoms with van der Waals surface area (Å²) in [6.45, 7) is 14.5. The summed E-state index contributed by atoms with van der Waals surface area (Å²) in [6, 6.07) is 0. The molecule has 13 atom stereocenters. The Morgan fingerprint density at radius 3 is 2.19 bits per heavy atom. The van der Waals surface area contributed by atoms with Crippen LogP contribution in [-0.2, 0) is 19.0 Å². The maximum absolute atomic E-state index is 12.5. The average Bonchev–Trinajstić information content (AvgIpc) is 3.50. The first-order chi connectivity index (χ1) is 25.9. The molecule has 7 nitrogen and oxygen atoms in total. The monoisotopic (exact) mass is 759 g/mol. The van der Waals surface area contributed by atoms with E-state index in [1.807, 2.05) is 0 Å². The number of hydrogen-bond donors (Lipinski definition) is 3. The maximum Gasteiger partial charge on any atom is 0.305 e. The Kier molecular flexibility index (Phi) is 16.8. The molecule has 7 heteroatoms. The first-order valence-electron chi connectivity index (χ1n) is 23.1. The van der Waals surface area contributed by atoms with E-state index in [-0.39, 0.29) is 24.1 Å². The third kappa shape index (κ3) is 10.7. The third-order valence-electron chi connectivity index (χ3n) is 15.6. The normalized spacial score (nSPS) is 38.4. The molecule has 0 spiro atoms. The van der Waals surface area contributed by atoms with E-state index in [1.54, 1.807) is 0 Å². The van der Waals surface area contributed by atoms with Gasteiger partial charge in [-0.15, -0.1) is 0 Å². The standard InChI is InChI=1S/C47H82O7/c1-7-8-9-10-11-12-13-14-15-16-17-21-41(48)52-31-40-42(49)43(50)44(51)45(54-40)53-35-26-28-46(5)34(30-35)22-23-36-38-25-24-37(33(4)20-18-19-32(2)3)47(38,6)29-27-39(36)46/h22,32-33,35-40,42-45,49-51H,7-21,23-31H2,1-6H3/t33-,35?,36?,37-,38?,39?,40?,42-,43+,44?,45+,46+,47-/m1/s1. The molecule has 0 aromatic rings. The number of fused-ring (bicyclic) bond motifs is 5. The number of carbonyl (C=O) groups is 1. The second-order valence-corrected chi connectivity index (χ2v) is 19.8. The number of aliphatic hydroxyl groups excluding tert-OH is 3. The van der Waals surface area contributed by atoms with E-state index >= 15 is 0 Å². The molecule has 312 valence electrons. The highest BCUT2D eigenvalue weighted by atomic mass is 16.7. The molecule has 1 aliphatic heterocycles. The molecule has 0 amide bonds. The summed E-state index contributed by atoms with van der Waals surface area (Å²) in [7, 11) is 0. The van der Waals surface area contributed by atoms with Gasteiger partial charge in [-0.1, -0.05) is 137 Å². The van der Waals surface area contributed by atoms with Crippen molar-refractivity contribution in [3.05, 3.63) is 11.6 Å². The first-order valence-corrected chi connectivity index (χ1v) is 23.1. The minimum atomic E-state index is -1.44. The van der Waals surface area contributed by atoms with Gasteiger partial charge in [-0.05, 0) is 104 Å². The zero-order chi connectivity index (χ0) is 38.9. The Bertz CT molecular complexity index is 1170. The Morgan fingerprint density at radius 1 is 0.815 bits per heavy atom. The van der Waals surface area contributed by atoms with Crippen LogP contribution in [0, 0.1) is 46.3 Å². The highest BCUT2D eigenvalue weighted by molar-refractivity contribution is 5.69. The molecule has 1 heterocycles. The Balaban J connectivity index is 1.06. The van der Waals surface area contributed by atoms with Crippen molar-refractivity contribution in [1.29, 1.82) is 0 Å². The van der Waals surface area contributed by atoms with Crippen molar-refractivity contribution in [1.82, 2.24) is 0 Å². The second kappa shape index (κ2) is 20.6. The SMILES string of the molecule is CCCCCCCCCCCCCC(=O)OCC1O[C@H](OC2CC[C@@]3(C)C(=CCC4C3CC[C@@]3(C)C4CC[C@@H]3[C@H](C)CCCC(C)C)C2)C(O)[C@@H](O)[C@@H]1O. The van der Waals surface area contributed by atoms with Crippen molar-refractivity contribution in [2.45, 2.75) is 226 Å². The van der Waals surface area contributed by atoms with E-state index in [4.69, 9.17) is 14.2 Å². The van der Waals surface area contributed by atoms with Crippen LogP contribution in [0.25, 0.3) is 0 Å². The van der Waals surface area contributed by atoms with Gasteiger partial charge in [0.15, 0.2) is 6.29 Å². The van der Waals surface area contributed by atoms with Gasteiger partial charge in [-0.25, -0.2) is 0 Å². The van der Waals surface area contributed by atoms with Gasteiger partial charge in [0.25, 0.3) is 0 Å². The summed E-state index contributed by atoms with van der Waals surface area (Å²) in [5, 5.41) is 32.4. The number of allylic oxidation sites excluding steroid dienone is 1.